The molecule has 0 unspecified atom stereocenters. The summed E-state index contributed by atoms with van der Waals surface area (Å²) in [6.07, 6.45) is 7.46. The number of nitrogens with one attached hydrogen (secondary N) is 1. The van der Waals surface area contributed by atoms with E-state index in [4.69, 9.17) is 4.74 Å². The topological polar surface area (TPSA) is 88.4 Å². The number of fused-ring (bicyclic) bond motifs is 3. The van der Waals surface area contributed by atoms with E-state index in [1.165, 1.54) is 0 Å². The number of hydrogen-bond donors (Lipinski definition) is 1. The van der Waals surface area contributed by atoms with E-state index in [0.29, 0.717) is 6.54 Å². The highest BCUT2D eigenvalue weighted by Crippen LogP contribution is 2.40. The third kappa shape index (κ3) is 3.79. The zero-order chi connectivity index (χ0) is 23.1. The monoisotopic (exact) mass is 459 g/mol. The molecule has 4 heterocycles. The first-order chi connectivity index (χ1) is 16.7. The molecule has 3 aromatic rings. The molecule has 1 aliphatic carbocycles. The van der Waals surface area contributed by atoms with Gasteiger partial charge >= 0.3 is 0 Å². The van der Waals surface area contributed by atoms with Gasteiger partial charge in [0.25, 0.3) is 0 Å². The lowest BCUT2D eigenvalue weighted by Crippen LogP contribution is -2.38. The Morgan fingerprint density at radius 1 is 1.12 bits per heavy atom. The molecule has 0 atom stereocenters. The number of hydrogen-bond acceptors (Lipinski definition) is 7. The Morgan fingerprint density at radius 3 is 2.85 bits per heavy atom. The molecule has 2 aliphatic heterocycles. The Morgan fingerprint density at radius 2 is 2.00 bits per heavy atom. The van der Waals surface area contributed by atoms with Crippen molar-refractivity contribution in [2.24, 2.45) is 5.92 Å². The molecule has 1 aromatic carbocycles. The van der Waals surface area contributed by atoms with Crippen molar-refractivity contribution in [1.29, 1.82) is 0 Å². The Balaban J connectivity index is 1.34. The first kappa shape index (κ1) is 21.1. The molecular formula is C25H29N7O2. The van der Waals surface area contributed by atoms with Crippen molar-refractivity contribution < 1.29 is 9.53 Å². The minimum atomic E-state index is 0.0107. The van der Waals surface area contributed by atoms with Gasteiger partial charge in [0.1, 0.15) is 5.82 Å². The summed E-state index contributed by atoms with van der Waals surface area (Å²) < 4.78 is 7.48. The van der Waals surface area contributed by atoms with E-state index < -0.39 is 0 Å². The quantitative estimate of drug-likeness (QED) is 0.641. The summed E-state index contributed by atoms with van der Waals surface area (Å²) in [5, 5.41) is 11.7. The highest BCUT2D eigenvalue weighted by Gasteiger charge is 2.33. The molecule has 9 heteroatoms. The average Bonchev–Trinajstić information content (AvgIpc) is 3.29. The van der Waals surface area contributed by atoms with E-state index in [1.54, 1.807) is 13.3 Å². The fourth-order valence-corrected chi connectivity index (χ4v) is 5.37. The second-order valence-corrected chi connectivity index (χ2v) is 9.34. The first-order valence-electron chi connectivity index (χ1n) is 12.0. The van der Waals surface area contributed by atoms with Crippen molar-refractivity contribution in [2.75, 3.05) is 28.8 Å². The SMILES string of the molecule is CO[C@H]1CC[C@H](C(=O)N2Cc3cccnc3Nc3ccc(N4CCn5nncc5C4)cc32)CC1. The van der Waals surface area contributed by atoms with Crippen LogP contribution in [-0.2, 0) is 29.2 Å². The second-order valence-electron chi connectivity index (χ2n) is 9.34. The van der Waals surface area contributed by atoms with Gasteiger partial charge in [-0.1, -0.05) is 11.3 Å². The highest BCUT2D eigenvalue weighted by molar-refractivity contribution is 6.00. The number of benzene rings is 1. The van der Waals surface area contributed by atoms with E-state index in [-0.39, 0.29) is 17.9 Å². The molecule has 1 fully saturated rings. The number of carbonyl (C=O) groups excluding carboxylic acids is 1. The lowest BCUT2D eigenvalue weighted by Gasteiger charge is -2.33. The lowest BCUT2D eigenvalue weighted by atomic mass is 9.86. The normalized spacial score (nSPS) is 21.7. The van der Waals surface area contributed by atoms with Gasteiger partial charge in [-0.25, -0.2) is 9.67 Å². The number of methoxy groups -OCH3 is 1. The van der Waals surface area contributed by atoms with E-state index in [9.17, 15) is 4.79 Å². The van der Waals surface area contributed by atoms with Crippen LogP contribution in [0, 0.1) is 5.92 Å². The Bertz CT molecular complexity index is 1200. The second kappa shape index (κ2) is 8.72. The van der Waals surface area contributed by atoms with Crippen LogP contribution < -0.4 is 15.1 Å². The van der Waals surface area contributed by atoms with Crippen LogP contribution in [-0.4, -0.2) is 45.6 Å². The molecule has 34 heavy (non-hydrogen) atoms. The van der Waals surface area contributed by atoms with Gasteiger partial charge in [0, 0.05) is 37.0 Å². The first-order valence-corrected chi connectivity index (χ1v) is 12.0. The molecule has 0 spiro atoms. The van der Waals surface area contributed by atoms with E-state index >= 15 is 0 Å². The maximum absolute atomic E-state index is 13.9. The number of anilines is 4. The summed E-state index contributed by atoms with van der Waals surface area (Å²) in [7, 11) is 1.76. The molecule has 176 valence electrons. The molecular weight excluding hydrogens is 430 g/mol. The molecule has 3 aliphatic rings. The van der Waals surface area contributed by atoms with Gasteiger partial charge in [-0.15, -0.1) is 5.10 Å². The summed E-state index contributed by atoms with van der Waals surface area (Å²) in [5.74, 6) is 1.01. The van der Waals surface area contributed by atoms with Crippen molar-refractivity contribution in [3.8, 4) is 0 Å². The smallest absolute Gasteiger partial charge is 0.230 e. The zero-order valence-corrected chi connectivity index (χ0v) is 19.4. The van der Waals surface area contributed by atoms with Gasteiger partial charge in [0.05, 0.1) is 49.0 Å². The molecule has 0 saturated heterocycles. The summed E-state index contributed by atoms with van der Waals surface area (Å²) in [6, 6.07) is 10.3. The van der Waals surface area contributed by atoms with Crippen LogP contribution in [0.15, 0.2) is 42.7 Å². The number of nitrogens with zero attached hydrogens (tertiary/aromatic N) is 6. The average molecular weight is 460 g/mol. The van der Waals surface area contributed by atoms with Crippen molar-refractivity contribution >= 4 is 28.8 Å². The number of carbonyl (C=O) groups is 1. The minimum Gasteiger partial charge on any atom is -0.381 e. The van der Waals surface area contributed by atoms with Gasteiger partial charge < -0.3 is 19.9 Å². The largest absolute Gasteiger partial charge is 0.381 e. The van der Waals surface area contributed by atoms with E-state index in [0.717, 1.165) is 79.5 Å². The van der Waals surface area contributed by atoms with Crippen LogP contribution in [0.2, 0.25) is 0 Å². The number of amides is 1. The van der Waals surface area contributed by atoms with Gasteiger partial charge in [-0.2, -0.15) is 0 Å². The fourth-order valence-electron chi connectivity index (χ4n) is 5.37. The summed E-state index contributed by atoms with van der Waals surface area (Å²) >= 11 is 0. The Hall–Kier alpha value is -3.46. The number of rotatable bonds is 3. The molecule has 2 aromatic heterocycles. The predicted octanol–water partition coefficient (Wildman–Crippen LogP) is 3.49. The van der Waals surface area contributed by atoms with Crippen molar-refractivity contribution in [2.45, 2.75) is 51.4 Å². The summed E-state index contributed by atoms with van der Waals surface area (Å²) in [4.78, 5) is 22.7. The van der Waals surface area contributed by atoms with Crippen LogP contribution in [0.1, 0.15) is 36.9 Å². The van der Waals surface area contributed by atoms with Crippen LogP contribution in [0.25, 0.3) is 0 Å². The Kier molecular flexibility index (Phi) is 5.41. The van der Waals surface area contributed by atoms with Crippen molar-refractivity contribution in [1.82, 2.24) is 20.0 Å². The van der Waals surface area contributed by atoms with Crippen LogP contribution >= 0.6 is 0 Å². The number of ether oxygens (including phenoxy) is 1. The van der Waals surface area contributed by atoms with Gasteiger partial charge in [0.15, 0.2) is 0 Å². The lowest BCUT2D eigenvalue weighted by molar-refractivity contribution is -0.124. The molecule has 1 saturated carbocycles. The molecule has 6 rings (SSSR count). The van der Waals surface area contributed by atoms with Crippen LogP contribution in [0.3, 0.4) is 0 Å². The third-order valence-corrected chi connectivity index (χ3v) is 7.37. The molecule has 0 radical (unpaired) electrons. The Labute approximate surface area is 198 Å². The molecule has 1 amide bonds. The van der Waals surface area contributed by atoms with Crippen molar-refractivity contribution in [3.05, 3.63) is 54.0 Å². The summed E-state index contributed by atoms with van der Waals surface area (Å²) in [6.45, 7) is 2.90. The number of aromatic nitrogens is 4. The minimum absolute atomic E-state index is 0.0107. The van der Waals surface area contributed by atoms with Crippen molar-refractivity contribution in [3.63, 3.8) is 0 Å². The van der Waals surface area contributed by atoms with Gasteiger partial charge in [0.2, 0.25) is 5.91 Å². The maximum Gasteiger partial charge on any atom is 0.230 e. The molecule has 1 N–H and O–H groups in total. The standard InChI is InChI=1S/C25H29N7O2/c1-34-21-7-4-17(5-8-21)25(33)31-15-18-3-2-10-26-24(18)28-22-9-6-19(13-23(22)31)30-11-12-32-20(16-30)14-27-29-32/h2-3,6,9-10,13-14,17,21H,4-5,7-8,11-12,15-16H2,1H3,(H,26,28)/t17-,21-. The number of pyridine rings is 1. The summed E-state index contributed by atoms with van der Waals surface area (Å²) in [5.41, 5.74) is 5.02. The molecule has 0 bridgehead atoms. The van der Waals surface area contributed by atoms with E-state index in [1.807, 2.05) is 27.9 Å². The van der Waals surface area contributed by atoms with Gasteiger partial charge in [-0.05, 0) is 49.9 Å². The fraction of sp³-hybridized carbons (Fsp3) is 0.440. The van der Waals surface area contributed by atoms with Gasteiger partial charge in [-0.3, -0.25) is 4.79 Å². The van der Waals surface area contributed by atoms with Crippen LogP contribution in [0.4, 0.5) is 22.9 Å². The van der Waals surface area contributed by atoms with E-state index in [2.05, 4.69) is 43.7 Å². The van der Waals surface area contributed by atoms with Crippen LogP contribution in [0.5, 0.6) is 0 Å². The zero-order valence-electron chi connectivity index (χ0n) is 19.4. The predicted molar refractivity (Wildman–Crippen MR) is 129 cm³/mol. The maximum atomic E-state index is 13.9. The third-order valence-electron chi connectivity index (χ3n) is 7.37. The highest BCUT2D eigenvalue weighted by atomic mass is 16.5. The molecule has 9 nitrogen and oxygen atoms in total.